The van der Waals surface area contributed by atoms with E-state index >= 15 is 0 Å². The summed E-state index contributed by atoms with van der Waals surface area (Å²) in [5.74, 6) is 0.0226. The maximum Gasteiger partial charge on any atom is 0.141 e. The molecule has 16 heavy (non-hydrogen) atoms. The number of thioether (sulfide) groups is 1. The molecule has 1 saturated heterocycles. The van der Waals surface area contributed by atoms with Gasteiger partial charge in [-0.15, -0.1) is 11.8 Å². The van der Waals surface area contributed by atoms with Crippen LogP contribution in [0.5, 0.6) is 0 Å². The minimum absolute atomic E-state index is 0.0226. The van der Waals surface area contributed by atoms with Crippen molar-refractivity contribution in [3.05, 3.63) is 24.0 Å². The first-order valence-corrected chi connectivity index (χ1v) is 6.18. The summed E-state index contributed by atoms with van der Waals surface area (Å²) in [6, 6.07) is 3.84. The fourth-order valence-corrected chi connectivity index (χ4v) is 2.75. The number of pyridine rings is 1. The van der Waals surface area contributed by atoms with Gasteiger partial charge in [-0.1, -0.05) is 0 Å². The second kappa shape index (κ2) is 5.32. The lowest BCUT2D eigenvalue weighted by molar-refractivity contribution is 0.100. The Morgan fingerprint density at radius 3 is 2.94 bits per heavy atom. The van der Waals surface area contributed by atoms with E-state index in [1.807, 2.05) is 23.9 Å². The molecule has 1 aromatic rings. The maximum absolute atomic E-state index is 7.34. The minimum Gasteiger partial charge on any atom is -0.382 e. The predicted octanol–water partition coefficient (Wildman–Crippen LogP) is 1.64. The van der Waals surface area contributed by atoms with Crippen LogP contribution in [-0.4, -0.2) is 29.3 Å². The Hall–Kier alpha value is -1.07. The molecule has 2 heterocycles. The molecule has 0 aromatic carbocycles. The van der Waals surface area contributed by atoms with E-state index < -0.39 is 0 Å². The summed E-state index contributed by atoms with van der Waals surface area (Å²) in [6.45, 7) is 1.70. The van der Waals surface area contributed by atoms with Crippen LogP contribution in [0.15, 0.2) is 23.2 Å². The van der Waals surface area contributed by atoms with Gasteiger partial charge in [0, 0.05) is 29.6 Å². The van der Waals surface area contributed by atoms with Gasteiger partial charge in [0.1, 0.15) is 11.5 Å². The smallest absolute Gasteiger partial charge is 0.141 e. The van der Waals surface area contributed by atoms with Crippen molar-refractivity contribution >= 4 is 17.6 Å². The molecule has 1 aromatic heterocycles. The summed E-state index contributed by atoms with van der Waals surface area (Å²) in [5, 5.41) is 7.94. The van der Waals surface area contributed by atoms with Gasteiger partial charge in [-0.05, 0) is 25.0 Å². The number of nitrogens with zero attached hydrogens (tertiary/aromatic N) is 1. The standard InChI is InChI=1S/C11H15N3OS/c12-11(13)10-7-9(1-4-14-10)16-8-2-5-15-6-3-8/h1,4,7-8H,2-3,5-6H2,(H3,12,13). The average Bonchev–Trinajstić information content (AvgIpc) is 2.30. The van der Waals surface area contributed by atoms with E-state index in [4.69, 9.17) is 15.9 Å². The van der Waals surface area contributed by atoms with E-state index in [9.17, 15) is 0 Å². The SMILES string of the molecule is N=C(N)c1cc(SC2CCOCC2)ccn1. The first-order valence-electron chi connectivity index (χ1n) is 5.30. The van der Waals surface area contributed by atoms with Gasteiger partial charge in [0.05, 0.1) is 0 Å². The van der Waals surface area contributed by atoms with Crippen LogP contribution in [-0.2, 0) is 4.74 Å². The fourth-order valence-electron chi connectivity index (χ4n) is 1.62. The number of nitrogens with one attached hydrogen (secondary N) is 1. The molecule has 0 bridgehead atoms. The van der Waals surface area contributed by atoms with Crippen molar-refractivity contribution in [2.24, 2.45) is 5.73 Å². The Morgan fingerprint density at radius 1 is 1.50 bits per heavy atom. The molecule has 0 saturated carbocycles. The lowest BCUT2D eigenvalue weighted by Gasteiger charge is -2.21. The molecular weight excluding hydrogens is 222 g/mol. The molecule has 86 valence electrons. The molecular formula is C11H15N3OS. The van der Waals surface area contributed by atoms with Gasteiger partial charge in [-0.2, -0.15) is 0 Å². The van der Waals surface area contributed by atoms with E-state index in [1.165, 1.54) is 0 Å². The van der Waals surface area contributed by atoms with E-state index in [0.717, 1.165) is 31.0 Å². The lowest BCUT2D eigenvalue weighted by Crippen LogP contribution is -2.17. The molecule has 0 spiro atoms. The second-order valence-corrected chi connectivity index (χ2v) is 5.09. The number of ether oxygens (including phenoxy) is 1. The molecule has 0 radical (unpaired) electrons. The zero-order valence-corrected chi connectivity index (χ0v) is 9.80. The molecule has 4 nitrogen and oxygen atoms in total. The molecule has 0 unspecified atom stereocenters. The first-order chi connectivity index (χ1) is 7.75. The zero-order chi connectivity index (χ0) is 11.4. The monoisotopic (exact) mass is 237 g/mol. The topological polar surface area (TPSA) is 72.0 Å². The highest BCUT2D eigenvalue weighted by atomic mass is 32.2. The third kappa shape index (κ3) is 2.96. The third-order valence-corrected chi connectivity index (χ3v) is 3.81. The quantitative estimate of drug-likeness (QED) is 0.619. The van der Waals surface area contributed by atoms with E-state index in [-0.39, 0.29) is 5.84 Å². The summed E-state index contributed by atoms with van der Waals surface area (Å²) in [6.07, 6.45) is 3.88. The number of aromatic nitrogens is 1. The number of amidine groups is 1. The van der Waals surface area contributed by atoms with E-state index in [0.29, 0.717) is 10.9 Å². The molecule has 2 rings (SSSR count). The average molecular weight is 237 g/mol. The van der Waals surface area contributed by atoms with Gasteiger partial charge in [0.25, 0.3) is 0 Å². The minimum atomic E-state index is 0.0226. The number of nitrogen functional groups attached to an aromatic ring is 1. The molecule has 1 aliphatic heterocycles. The Morgan fingerprint density at radius 2 is 2.25 bits per heavy atom. The van der Waals surface area contributed by atoms with Crippen LogP contribution < -0.4 is 5.73 Å². The first kappa shape index (κ1) is 11.4. The van der Waals surface area contributed by atoms with Crippen molar-refractivity contribution in [1.29, 1.82) is 5.41 Å². The zero-order valence-electron chi connectivity index (χ0n) is 8.98. The molecule has 1 fully saturated rings. The van der Waals surface area contributed by atoms with Crippen molar-refractivity contribution in [2.45, 2.75) is 23.0 Å². The molecule has 5 heteroatoms. The third-order valence-electron chi connectivity index (χ3n) is 2.48. The summed E-state index contributed by atoms with van der Waals surface area (Å²) < 4.78 is 5.32. The van der Waals surface area contributed by atoms with Crippen LogP contribution in [0.3, 0.4) is 0 Å². The van der Waals surface area contributed by atoms with Crippen molar-refractivity contribution < 1.29 is 4.74 Å². The van der Waals surface area contributed by atoms with E-state index in [2.05, 4.69) is 4.98 Å². The number of hydrogen-bond acceptors (Lipinski definition) is 4. The Labute approximate surface area is 99.1 Å². The second-order valence-electron chi connectivity index (χ2n) is 3.72. The fraction of sp³-hybridized carbons (Fsp3) is 0.455. The maximum atomic E-state index is 7.34. The van der Waals surface area contributed by atoms with E-state index in [1.54, 1.807) is 6.20 Å². The Balaban J connectivity index is 2.02. The number of nitrogens with two attached hydrogens (primary N) is 1. The number of hydrogen-bond donors (Lipinski definition) is 2. The van der Waals surface area contributed by atoms with Gasteiger partial charge in [-0.3, -0.25) is 10.4 Å². The van der Waals surface area contributed by atoms with Crippen LogP contribution in [0.2, 0.25) is 0 Å². The van der Waals surface area contributed by atoms with Crippen LogP contribution in [0.1, 0.15) is 18.5 Å². The van der Waals surface area contributed by atoms with Crippen molar-refractivity contribution in [3.63, 3.8) is 0 Å². The highest BCUT2D eigenvalue weighted by Gasteiger charge is 2.15. The molecule has 0 aliphatic carbocycles. The Kier molecular flexibility index (Phi) is 3.79. The summed E-state index contributed by atoms with van der Waals surface area (Å²) >= 11 is 1.82. The molecule has 3 N–H and O–H groups in total. The largest absolute Gasteiger partial charge is 0.382 e. The molecule has 1 aliphatic rings. The van der Waals surface area contributed by atoms with Gasteiger partial charge in [0.15, 0.2) is 0 Å². The van der Waals surface area contributed by atoms with Gasteiger partial charge < -0.3 is 10.5 Å². The van der Waals surface area contributed by atoms with Gasteiger partial charge in [-0.25, -0.2) is 0 Å². The number of rotatable bonds is 3. The van der Waals surface area contributed by atoms with Crippen LogP contribution >= 0.6 is 11.8 Å². The van der Waals surface area contributed by atoms with Gasteiger partial charge in [0.2, 0.25) is 0 Å². The lowest BCUT2D eigenvalue weighted by atomic mass is 10.2. The predicted molar refractivity (Wildman–Crippen MR) is 65.0 cm³/mol. The van der Waals surface area contributed by atoms with Crippen LogP contribution in [0, 0.1) is 5.41 Å². The Bertz CT molecular complexity index is 377. The summed E-state index contributed by atoms with van der Waals surface area (Å²) in [4.78, 5) is 5.18. The van der Waals surface area contributed by atoms with Crippen molar-refractivity contribution in [2.75, 3.05) is 13.2 Å². The summed E-state index contributed by atoms with van der Waals surface area (Å²) in [7, 11) is 0. The van der Waals surface area contributed by atoms with Crippen molar-refractivity contribution in [1.82, 2.24) is 4.98 Å². The van der Waals surface area contributed by atoms with Gasteiger partial charge >= 0.3 is 0 Å². The highest BCUT2D eigenvalue weighted by molar-refractivity contribution is 8.00. The molecule has 0 amide bonds. The molecule has 0 atom stereocenters. The highest BCUT2D eigenvalue weighted by Crippen LogP contribution is 2.29. The van der Waals surface area contributed by atoms with Crippen LogP contribution in [0.25, 0.3) is 0 Å². The normalized spacial score (nSPS) is 17.2. The van der Waals surface area contributed by atoms with Crippen molar-refractivity contribution in [3.8, 4) is 0 Å². The summed E-state index contributed by atoms with van der Waals surface area (Å²) in [5.41, 5.74) is 5.96. The van der Waals surface area contributed by atoms with Crippen LogP contribution in [0.4, 0.5) is 0 Å².